The van der Waals surface area contributed by atoms with Crippen LogP contribution in [0, 0.1) is 0 Å². The zero-order valence-electron chi connectivity index (χ0n) is 30.9. The second-order valence-electron chi connectivity index (χ2n) is 11.8. The van der Waals surface area contributed by atoms with E-state index in [4.69, 9.17) is 56.8 Å². The van der Waals surface area contributed by atoms with Gasteiger partial charge in [-0.3, -0.25) is 0 Å². The Morgan fingerprint density at radius 3 is 1.02 bits per heavy atom. The van der Waals surface area contributed by atoms with Crippen molar-refractivity contribution in [2.24, 2.45) is 0 Å². The summed E-state index contributed by atoms with van der Waals surface area (Å²) in [5, 5.41) is 21.7. The number of hydrogen-bond donors (Lipinski definition) is 2. The molecule has 3 aromatic rings. The van der Waals surface area contributed by atoms with Crippen molar-refractivity contribution >= 4 is 5.97 Å². The van der Waals surface area contributed by atoms with Gasteiger partial charge in [0.15, 0.2) is 40.1 Å². The van der Waals surface area contributed by atoms with Gasteiger partial charge in [0, 0.05) is 12.8 Å². The Balaban J connectivity index is 1.72. The minimum atomic E-state index is -2.20. The molecule has 1 saturated carbocycles. The SMILES string of the molecule is COc1cc(COC2[C@H](OCc3cc(OC)c(OC)c(OC)c3)CC(O)(C(=O)O)C[C@H]2OCc2cc(OC)c(OC)c(OC)c2)cc(OC)c1OC. The van der Waals surface area contributed by atoms with Crippen molar-refractivity contribution in [3.8, 4) is 51.7 Å². The van der Waals surface area contributed by atoms with Crippen LogP contribution in [-0.4, -0.2) is 104 Å². The Morgan fingerprint density at radius 1 is 0.519 bits per heavy atom. The van der Waals surface area contributed by atoms with Crippen LogP contribution in [-0.2, 0) is 38.8 Å². The van der Waals surface area contributed by atoms with Gasteiger partial charge in [-0.15, -0.1) is 0 Å². The molecule has 0 saturated heterocycles. The Labute approximate surface area is 303 Å². The summed E-state index contributed by atoms with van der Waals surface area (Å²) in [7, 11) is 13.5. The number of aliphatic carboxylic acids is 1. The van der Waals surface area contributed by atoms with Gasteiger partial charge >= 0.3 is 5.97 Å². The predicted octanol–water partition coefficient (Wildman–Crippen LogP) is 4.43. The highest BCUT2D eigenvalue weighted by Crippen LogP contribution is 2.42. The highest BCUT2D eigenvalue weighted by molar-refractivity contribution is 5.77. The number of methoxy groups -OCH3 is 9. The topological polar surface area (TPSA) is 168 Å². The Bertz CT molecular complexity index is 1510. The third-order valence-corrected chi connectivity index (χ3v) is 8.75. The summed E-state index contributed by atoms with van der Waals surface area (Å²) in [5.74, 6) is 2.29. The molecular formula is C37H48O15. The smallest absolute Gasteiger partial charge is 0.335 e. The second-order valence-corrected chi connectivity index (χ2v) is 11.8. The molecule has 0 unspecified atom stereocenters. The van der Waals surface area contributed by atoms with E-state index in [-0.39, 0.29) is 32.7 Å². The van der Waals surface area contributed by atoms with Crippen LogP contribution in [0.25, 0.3) is 0 Å². The zero-order chi connectivity index (χ0) is 38.0. The minimum absolute atomic E-state index is 0.0148. The van der Waals surface area contributed by atoms with Crippen molar-refractivity contribution in [3.05, 3.63) is 53.1 Å². The molecule has 0 aromatic heterocycles. The van der Waals surface area contributed by atoms with Crippen LogP contribution in [0.2, 0.25) is 0 Å². The molecule has 0 radical (unpaired) electrons. The maximum Gasteiger partial charge on any atom is 0.335 e. The standard InChI is InChI=1S/C37H48O15/c1-41-24-10-21(11-25(42-2)32(24)47-7)18-50-30-16-37(40,36(38)39)17-31(51-19-22-12-26(43-3)33(48-8)27(13-22)44-4)35(30)52-20-23-14-28(45-5)34(49-9)29(15-23)46-6/h10-15,30-31,35,40H,16-20H2,1-9H3,(H,38,39)/t30-,31-,35?,37?/m1/s1. The van der Waals surface area contributed by atoms with Crippen molar-refractivity contribution in [1.29, 1.82) is 0 Å². The van der Waals surface area contributed by atoms with Crippen LogP contribution in [0.3, 0.4) is 0 Å². The van der Waals surface area contributed by atoms with E-state index in [1.807, 2.05) is 0 Å². The highest BCUT2D eigenvalue weighted by atomic mass is 16.6. The first-order chi connectivity index (χ1) is 25.0. The lowest BCUT2D eigenvalue weighted by Gasteiger charge is -2.43. The molecule has 15 nitrogen and oxygen atoms in total. The van der Waals surface area contributed by atoms with E-state index in [0.717, 1.165) is 0 Å². The van der Waals surface area contributed by atoms with E-state index in [0.29, 0.717) is 68.4 Å². The fourth-order valence-corrected chi connectivity index (χ4v) is 6.17. The highest BCUT2D eigenvalue weighted by Gasteiger charge is 2.51. The van der Waals surface area contributed by atoms with Crippen LogP contribution in [0.5, 0.6) is 51.7 Å². The van der Waals surface area contributed by atoms with Crippen molar-refractivity contribution in [2.45, 2.75) is 56.6 Å². The molecule has 0 heterocycles. The number of carboxylic acids is 1. The summed E-state index contributed by atoms with van der Waals surface area (Å²) in [6.45, 7) is -0.0393. The van der Waals surface area contributed by atoms with E-state index in [9.17, 15) is 15.0 Å². The lowest BCUT2D eigenvalue weighted by molar-refractivity contribution is -0.218. The fraction of sp³-hybridized carbons (Fsp3) is 0.486. The van der Waals surface area contributed by atoms with Crippen molar-refractivity contribution in [2.75, 3.05) is 64.0 Å². The maximum atomic E-state index is 12.5. The van der Waals surface area contributed by atoms with Gasteiger partial charge < -0.3 is 67.1 Å². The third-order valence-electron chi connectivity index (χ3n) is 8.75. The molecule has 3 aromatic carbocycles. The van der Waals surface area contributed by atoms with Crippen LogP contribution in [0.15, 0.2) is 36.4 Å². The Morgan fingerprint density at radius 2 is 0.788 bits per heavy atom. The largest absolute Gasteiger partial charge is 0.493 e. The summed E-state index contributed by atoms with van der Waals surface area (Å²) < 4.78 is 68.7. The van der Waals surface area contributed by atoms with Gasteiger partial charge in [-0.25, -0.2) is 4.79 Å². The van der Waals surface area contributed by atoms with Crippen LogP contribution in [0.4, 0.5) is 0 Å². The van der Waals surface area contributed by atoms with E-state index >= 15 is 0 Å². The van der Waals surface area contributed by atoms with Gasteiger partial charge in [0.1, 0.15) is 6.10 Å². The van der Waals surface area contributed by atoms with Gasteiger partial charge in [0.05, 0.1) is 96.0 Å². The van der Waals surface area contributed by atoms with Gasteiger partial charge in [-0.1, -0.05) is 0 Å². The maximum absolute atomic E-state index is 12.5. The molecule has 0 aliphatic heterocycles. The van der Waals surface area contributed by atoms with Crippen LogP contribution < -0.4 is 42.6 Å². The molecule has 4 rings (SSSR count). The quantitative estimate of drug-likeness (QED) is 0.178. The first-order valence-electron chi connectivity index (χ1n) is 16.2. The lowest BCUT2D eigenvalue weighted by Crippen LogP contribution is -2.58. The molecule has 1 aliphatic rings. The lowest BCUT2D eigenvalue weighted by atomic mass is 9.79. The average Bonchev–Trinajstić information content (AvgIpc) is 3.16. The monoisotopic (exact) mass is 732 g/mol. The number of ether oxygens (including phenoxy) is 12. The van der Waals surface area contributed by atoms with Crippen molar-refractivity contribution in [3.63, 3.8) is 0 Å². The first kappa shape index (κ1) is 39.9. The number of carboxylic acid groups (broad SMARTS) is 1. The molecule has 1 fully saturated rings. The number of aliphatic hydroxyl groups is 1. The molecule has 52 heavy (non-hydrogen) atoms. The Hall–Kier alpha value is -4.83. The van der Waals surface area contributed by atoms with Crippen LogP contribution >= 0.6 is 0 Å². The number of hydrogen-bond acceptors (Lipinski definition) is 14. The molecule has 0 bridgehead atoms. The molecule has 0 spiro atoms. The van der Waals surface area contributed by atoms with Crippen molar-refractivity contribution < 1.29 is 71.8 Å². The van der Waals surface area contributed by atoms with E-state index < -0.39 is 29.9 Å². The van der Waals surface area contributed by atoms with Gasteiger partial charge in [-0.2, -0.15) is 0 Å². The molecule has 1 aliphatic carbocycles. The zero-order valence-corrected chi connectivity index (χ0v) is 30.9. The van der Waals surface area contributed by atoms with E-state index in [1.165, 1.54) is 64.0 Å². The third kappa shape index (κ3) is 8.78. The molecular weight excluding hydrogens is 684 g/mol. The number of carbonyl (C=O) groups is 1. The molecule has 286 valence electrons. The summed E-state index contributed by atoms with van der Waals surface area (Å²) in [6.07, 6.45) is -3.40. The van der Waals surface area contributed by atoms with E-state index in [2.05, 4.69) is 0 Å². The molecule has 2 N–H and O–H groups in total. The van der Waals surface area contributed by atoms with Gasteiger partial charge in [-0.05, 0) is 53.1 Å². The van der Waals surface area contributed by atoms with Gasteiger partial charge in [0.2, 0.25) is 17.2 Å². The van der Waals surface area contributed by atoms with Crippen molar-refractivity contribution in [1.82, 2.24) is 0 Å². The van der Waals surface area contributed by atoms with Crippen LogP contribution in [0.1, 0.15) is 29.5 Å². The van der Waals surface area contributed by atoms with Gasteiger partial charge in [0.25, 0.3) is 0 Å². The summed E-state index contributed by atoms with van der Waals surface area (Å²) in [6, 6.07) is 10.4. The Kier molecular flexibility index (Phi) is 13.9. The number of rotatable bonds is 19. The first-order valence-corrected chi connectivity index (χ1v) is 16.2. The summed E-state index contributed by atoms with van der Waals surface area (Å²) in [5.41, 5.74) is -0.262. The van der Waals surface area contributed by atoms with E-state index in [1.54, 1.807) is 36.4 Å². The summed E-state index contributed by atoms with van der Waals surface area (Å²) in [4.78, 5) is 12.5. The fourth-order valence-electron chi connectivity index (χ4n) is 6.17. The predicted molar refractivity (Wildman–Crippen MR) is 186 cm³/mol. The number of benzene rings is 3. The molecule has 0 amide bonds. The summed E-state index contributed by atoms with van der Waals surface area (Å²) >= 11 is 0. The minimum Gasteiger partial charge on any atom is -0.493 e. The second kappa shape index (κ2) is 18.1. The normalized spacial score (nSPS) is 19.7. The average molecular weight is 733 g/mol. The molecule has 15 heteroatoms. The molecule has 2 atom stereocenters.